The lowest BCUT2D eigenvalue weighted by Gasteiger charge is -2.31. The monoisotopic (exact) mass is 172 g/mol. The largest absolute Gasteiger partial charge is 0.385 e. The van der Waals surface area contributed by atoms with Crippen LogP contribution in [0.1, 0.15) is 13.3 Å². The molecule has 1 N–H and O–H groups in total. The summed E-state index contributed by atoms with van der Waals surface area (Å²) in [7, 11) is 3.48. The van der Waals surface area contributed by atoms with E-state index in [0.717, 1.165) is 6.42 Å². The molecule has 1 unspecified atom stereocenters. The molecule has 1 heterocycles. The first kappa shape index (κ1) is 9.48. The topological polar surface area (TPSA) is 41.6 Å². The van der Waals surface area contributed by atoms with E-state index < -0.39 is 0 Å². The molecule has 12 heavy (non-hydrogen) atoms. The van der Waals surface area contributed by atoms with Crippen LogP contribution in [0.3, 0.4) is 0 Å². The third kappa shape index (κ3) is 1.59. The van der Waals surface area contributed by atoms with E-state index in [4.69, 9.17) is 4.74 Å². The van der Waals surface area contributed by atoms with Crippen LogP contribution in [0, 0.1) is 0 Å². The Balaban J connectivity index is 2.53. The molecule has 70 valence electrons. The number of likely N-dealkylation sites (N-methyl/N-ethyl adjacent to an activating group) is 1. The van der Waals surface area contributed by atoms with E-state index in [-0.39, 0.29) is 11.6 Å². The SMILES string of the molecule is COCCC1(C)NCC(=O)N1C. The molecule has 1 aliphatic rings. The maximum atomic E-state index is 11.2. The second-order valence-electron chi connectivity index (χ2n) is 3.32. The van der Waals surface area contributed by atoms with Gasteiger partial charge in [0.05, 0.1) is 12.2 Å². The molecule has 1 saturated heterocycles. The van der Waals surface area contributed by atoms with E-state index >= 15 is 0 Å². The molecular weight excluding hydrogens is 156 g/mol. The highest BCUT2D eigenvalue weighted by Gasteiger charge is 2.37. The van der Waals surface area contributed by atoms with Gasteiger partial charge in [0.25, 0.3) is 0 Å². The summed E-state index contributed by atoms with van der Waals surface area (Å²) in [6.45, 7) is 3.12. The normalized spacial score (nSPS) is 29.9. The Labute approximate surface area is 72.9 Å². The van der Waals surface area contributed by atoms with Crippen LogP contribution in [0.25, 0.3) is 0 Å². The standard InChI is InChI=1S/C8H16N2O2/c1-8(4-5-12-3)9-6-7(11)10(8)2/h9H,4-6H2,1-3H3. The van der Waals surface area contributed by atoms with Crippen LogP contribution < -0.4 is 5.32 Å². The number of carbonyl (C=O) groups excluding carboxylic acids is 1. The molecule has 1 aliphatic heterocycles. The molecule has 1 atom stereocenters. The predicted molar refractivity (Wildman–Crippen MR) is 45.7 cm³/mol. The van der Waals surface area contributed by atoms with Crippen molar-refractivity contribution in [2.24, 2.45) is 0 Å². The Morgan fingerprint density at radius 1 is 1.75 bits per heavy atom. The Bertz CT molecular complexity index is 184. The van der Waals surface area contributed by atoms with Crippen LogP contribution in [0.4, 0.5) is 0 Å². The summed E-state index contributed by atoms with van der Waals surface area (Å²) in [5.74, 6) is 0.147. The molecule has 0 bridgehead atoms. The number of nitrogens with zero attached hydrogens (tertiary/aromatic N) is 1. The Hall–Kier alpha value is -0.610. The molecule has 0 aromatic carbocycles. The lowest BCUT2D eigenvalue weighted by atomic mass is 10.1. The second-order valence-corrected chi connectivity index (χ2v) is 3.32. The molecule has 0 saturated carbocycles. The molecule has 1 fully saturated rings. The van der Waals surface area contributed by atoms with E-state index in [1.807, 2.05) is 14.0 Å². The Kier molecular flexibility index (Phi) is 2.69. The van der Waals surface area contributed by atoms with Crippen molar-refractivity contribution < 1.29 is 9.53 Å². The van der Waals surface area contributed by atoms with E-state index in [1.54, 1.807) is 12.0 Å². The fourth-order valence-electron chi connectivity index (χ4n) is 1.34. The first-order valence-electron chi connectivity index (χ1n) is 4.11. The maximum Gasteiger partial charge on any atom is 0.237 e. The molecule has 0 aromatic heterocycles. The van der Waals surface area contributed by atoms with Crippen LogP contribution in [-0.4, -0.2) is 43.8 Å². The van der Waals surface area contributed by atoms with E-state index in [2.05, 4.69) is 5.32 Å². The molecule has 4 heteroatoms. The first-order valence-corrected chi connectivity index (χ1v) is 4.11. The summed E-state index contributed by atoms with van der Waals surface area (Å²) >= 11 is 0. The molecule has 0 spiro atoms. The van der Waals surface area contributed by atoms with Gasteiger partial charge in [-0.05, 0) is 6.92 Å². The van der Waals surface area contributed by atoms with Crippen molar-refractivity contribution >= 4 is 5.91 Å². The summed E-state index contributed by atoms with van der Waals surface area (Å²) in [4.78, 5) is 12.9. The second kappa shape index (κ2) is 3.41. The van der Waals surface area contributed by atoms with Crippen molar-refractivity contribution in [3.05, 3.63) is 0 Å². The number of methoxy groups -OCH3 is 1. The maximum absolute atomic E-state index is 11.2. The smallest absolute Gasteiger partial charge is 0.237 e. The summed E-state index contributed by atoms with van der Waals surface area (Å²) in [6.07, 6.45) is 0.825. The van der Waals surface area contributed by atoms with Gasteiger partial charge in [-0.1, -0.05) is 0 Å². The zero-order valence-electron chi connectivity index (χ0n) is 7.89. The molecule has 0 aliphatic carbocycles. The third-order valence-corrected chi connectivity index (χ3v) is 2.53. The van der Waals surface area contributed by atoms with Gasteiger partial charge in [0, 0.05) is 27.2 Å². The lowest BCUT2D eigenvalue weighted by molar-refractivity contribution is -0.128. The first-order chi connectivity index (χ1) is 5.60. The van der Waals surface area contributed by atoms with Crippen molar-refractivity contribution in [3.63, 3.8) is 0 Å². The average Bonchev–Trinajstić information content (AvgIpc) is 2.31. The molecule has 1 amide bonds. The van der Waals surface area contributed by atoms with Gasteiger partial charge in [-0.15, -0.1) is 0 Å². The number of hydrogen-bond acceptors (Lipinski definition) is 3. The van der Waals surface area contributed by atoms with Gasteiger partial charge in [-0.2, -0.15) is 0 Å². The van der Waals surface area contributed by atoms with Gasteiger partial charge >= 0.3 is 0 Å². The van der Waals surface area contributed by atoms with Gasteiger partial charge in [0.1, 0.15) is 0 Å². The molecule has 4 nitrogen and oxygen atoms in total. The zero-order valence-corrected chi connectivity index (χ0v) is 7.89. The lowest BCUT2D eigenvalue weighted by Crippen LogP contribution is -2.48. The van der Waals surface area contributed by atoms with Crippen molar-refractivity contribution in [2.75, 3.05) is 27.3 Å². The van der Waals surface area contributed by atoms with Crippen molar-refractivity contribution in [1.82, 2.24) is 10.2 Å². The fraction of sp³-hybridized carbons (Fsp3) is 0.875. The van der Waals surface area contributed by atoms with E-state index in [9.17, 15) is 4.79 Å². The van der Waals surface area contributed by atoms with Crippen molar-refractivity contribution in [3.8, 4) is 0 Å². The summed E-state index contributed by atoms with van der Waals surface area (Å²) in [5.41, 5.74) is -0.215. The fourth-order valence-corrected chi connectivity index (χ4v) is 1.34. The number of ether oxygens (including phenoxy) is 1. The summed E-state index contributed by atoms with van der Waals surface area (Å²) < 4.78 is 4.97. The summed E-state index contributed by atoms with van der Waals surface area (Å²) in [5, 5.41) is 3.16. The van der Waals surface area contributed by atoms with E-state index in [1.165, 1.54) is 0 Å². The van der Waals surface area contributed by atoms with Crippen LogP contribution >= 0.6 is 0 Å². The highest BCUT2D eigenvalue weighted by atomic mass is 16.5. The van der Waals surface area contributed by atoms with Gasteiger partial charge in [0.2, 0.25) is 5.91 Å². The predicted octanol–water partition coefficient (Wildman–Crippen LogP) is -0.199. The number of carbonyl (C=O) groups is 1. The Morgan fingerprint density at radius 2 is 2.42 bits per heavy atom. The van der Waals surface area contributed by atoms with Gasteiger partial charge in [-0.25, -0.2) is 0 Å². The molecular formula is C8H16N2O2. The zero-order chi connectivity index (χ0) is 9.19. The van der Waals surface area contributed by atoms with Gasteiger partial charge in [0.15, 0.2) is 0 Å². The van der Waals surface area contributed by atoms with Crippen LogP contribution in [0.2, 0.25) is 0 Å². The number of rotatable bonds is 3. The minimum Gasteiger partial charge on any atom is -0.385 e. The van der Waals surface area contributed by atoms with E-state index in [0.29, 0.717) is 13.2 Å². The number of amides is 1. The van der Waals surface area contributed by atoms with Crippen molar-refractivity contribution in [2.45, 2.75) is 19.0 Å². The number of nitrogens with one attached hydrogen (secondary N) is 1. The molecule has 0 aromatic rings. The van der Waals surface area contributed by atoms with Crippen LogP contribution in [0.15, 0.2) is 0 Å². The highest BCUT2D eigenvalue weighted by Crippen LogP contribution is 2.18. The summed E-state index contributed by atoms with van der Waals surface area (Å²) in [6, 6.07) is 0. The minimum absolute atomic E-state index is 0.147. The third-order valence-electron chi connectivity index (χ3n) is 2.53. The van der Waals surface area contributed by atoms with Gasteiger partial charge in [-0.3, -0.25) is 10.1 Å². The van der Waals surface area contributed by atoms with Crippen LogP contribution in [-0.2, 0) is 9.53 Å². The number of hydrogen-bond donors (Lipinski definition) is 1. The quantitative estimate of drug-likeness (QED) is 0.641. The van der Waals surface area contributed by atoms with Gasteiger partial charge < -0.3 is 9.64 Å². The molecule has 1 rings (SSSR count). The molecule has 0 radical (unpaired) electrons. The van der Waals surface area contributed by atoms with Crippen molar-refractivity contribution in [1.29, 1.82) is 0 Å². The average molecular weight is 172 g/mol. The Morgan fingerprint density at radius 3 is 2.83 bits per heavy atom. The van der Waals surface area contributed by atoms with Crippen LogP contribution in [0.5, 0.6) is 0 Å². The highest BCUT2D eigenvalue weighted by molar-refractivity contribution is 5.81. The minimum atomic E-state index is -0.215.